The number of aromatic amines is 1. The number of rotatable bonds is 3. The molecule has 0 spiro atoms. The normalized spacial score (nSPS) is 17.1. The number of sulfonamides is 1. The maximum Gasteiger partial charge on any atom is 0.451 e. The molecule has 162 valence electrons. The first-order chi connectivity index (χ1) is 14.0. The molecule has 14 heteroatoms. The van der Waals surface area contributed by atoms with Crippen molar-refractivity contribution in [2.24, 2.45) is 7.05 Å². The number of nitrogens with one attached hydrogen (secondary N) is 1. The Morgan fingerprint density at radius 1 is 1.20 bits per heavy atom. The Hall–Kier alpha value is -2.87. The van der Waals surface area contributed by atoms with E-state index in [1.165, 1.54) is 22.5 Å². The molecule has 30 heavy (non-hydrogen) atoms. The third-order valence-electron chi connectivity index (χ3n) is 5.05. The Morgan fingerprint density at radius 2 is 1.87 bits per heavy atom. The molecule has 3 heterocycles. The molecule has 10 nitrogen and oxygen atoms in total. The Kier molecular flexibility index (Phi) is 4.65. The predicted octanol–water partition coefficient (Wildman–Crippen LogP) is 1.06. The second-order valence-electron chi connectivity index (χ2n) is 6.92. The molecule has 0 unspecified atom stereocenters. The van der Waals surface area contributed by atoms with E-state index >= 15 is 0 Å². The number of hydrogen-bond donors (Lipinski definition) is 1. The van der Waals surface area contributed by atoms with E-state index in [4.69, 9.17) is 4.42 Å². The lowest BCUT2D eigenvalue weighted by Crippen LogP contribution is -2.41. The van der Waals surface area contributed by atoms with Crippen molar-refractivity contribution in [2.75, 3.05) is 13.1 Å². The van der Waals surface area contributed by atoms with Gasteiger partial charge in [-0.15, -0.1) is 5.10 Å². The molecule has 0 radical (unpaired) electrons. The van der Waals surface area contributed by atoms with Crippen LogP contribution >= 0.6 is 0 Å². The largest absolute Gasteiger partial charge is 0.451 e. The molecule has 3 aromatic rings. The smallest absolute Gasteiger partial charge is 0.408 e. The third-order valence-corrected chi connectivity index (χ3v) is 6.95. The number of benzene rings is 1. The van der Waals surface area contributed by atoms with Gasteiger partial charge < -0.3 is 4.42 Å². The molecule has 0 amide bonds. The summed E-state index contributed by atoms with van der Waals surface area (Å²) in [4.78, 5) is 25.7. The van der Waals surface area contributed by atoms with Crippen LogP contribution < -0.4 is 11.4 Å². The van der Waals surface area contributed by atoms with Crippen molar-refractivity contribution in [2.45, 2.75) is 30.0 Å². The highest BCUT2D eigenvalue weighted by Gasteiger charge is 2.39. The maximum absolute atomic E-state index is 13.0. The highest BCUT2D eigenvalue weighted by Crippen LogP contribution is 2.29. The van der Waals surface area contributed by atoms with E-state index in [9.17, 15) is 31.2 Å². The summed E-state index contributed by atoms with van der Waals surface area (Å²) >= 11 is 0. The molecule has 2 aromatic heterocycles. The number of piperidine rings is 1. The number of H-pyrrole nitrogens is 1. The maximum atomic E-state index is 13.0. The minimum Gasteiger partial charge on any atom is -0.408 e. The first-order valence-electron chi connectivity index (χ1n) is 8.84. The second kappa shape index (κ2) is 6.84. The summed E-state index contributed by atoms with van der Waals surface area (Å²) in [6.45, 7) is -0.00534. The fraction of sp³-hybridized carbons (Fsp3) is 0.438. The Balaban J connectivity index is 1.55. The predicted molar refractivity (Wildman–Crippen MR) is 96.3 cm³/mol. The van der Waals surface area contributed by atoms with E-state index in [1.807, 2.05) is 0 Å². The minimum atomic E-state index is -4.77. The van der Waals surface area contributed by atoms with Crippen molar-refractivity contribution in [3.63, 3.8) is 0 Å². The molecular weight excluding hydrogens is 431 g/mol. The van der Waals surface area contributed by atoms with E-state index in [-0.39, 0.29) is 41.9 Å². The molecule has 1 N–H and O–H groups in total. The zero-order valence-electron chi connectivity index (χ0n) is 15.5. The molecule has 0 aliphatic carbocycles. The van der Waals surface area contributed by atoms with Gasteiger partial charge in [0.2, 0.25) is 15.8 Å². The zero-order chi connectivity index (χ0) is 21.8. The number of halogens is 3. The highest BCUT2D eigenvalue weighted by atomic mass is 32.2. The van der Waals surface area contributed by atoms with Gasteiger partial charge in [0.15, 0.2) is 5.58 Å². The molecule has 1 aliphatic heterocycles. The highest BCUT2D eigenvalue weighted by molar-refractivity contribution is 7.89. The van der Waals surface area contributed by atoms with Crippen molar-refractivity contribution in [3.8, 4) is 0 Å². The standard InChI is InChI=1S/C16H16F3N5O5S/c1-22-13(16(17,18)19)21-24(15(22)26)9-4-6-23(7-5-9)30(27,28)10-2-3-12-11(8-10)20-14(25)29-12/h2-3,8-9H,4-7H2,1H3,(H,20,25). The number of nitrogens with zero attached hydrogens (tertiary/aromatic N) is 4. The molecular formula is C16H16F3N5O5S. The van der Waals surface area contributed by atoms with Crippen molar-refractivity contribution in [1.82, 2.24) is 23.6 Å². The minimum absolute atomic E-state index is 0.00267. The lowest BCUT2D eigenvalue weighted by atomic mass is 10.1. The van der Waals surface area contributed by atoms with Crippen molar-refractivity contribution in [3.05, 3.63) is 45.1 Å². The van der Waals surface area contributed by atoms with Crippen LogP contribution in [0.1, 0.15) is 24.7 Å². The molecule has 1 saturated heterocycles. The molecule has 1 aliphatic rings. The van der Waals surface area contributed by atoms with E-state index in [1.54, 1.807) is 0 Å². The summed E-state index contributed by atoms with van der Waals surface area (Å²) in [5.41, 5.74) is -0.457. The second-order valence-corrected chi connectivity index (χ2v) is 8.85. The van der Waals surface area contributed by atoms with Gasteiger partial charge in [-0.25, -0.2) is 22.7 Å². The monoisotopic (exact) mass is 447 g/mol. The molecule has 0 saturated carbocycles. The fourth-order valence-electron chi connectivity index (χ4n) is 3.51. The SMILES string of the molecule is Cn1c(C(F)(F)F)nn(C2CCN(S(=O)(=O)c3ccc4oc(=O)[nH]c4c3)CC2)c1=O. The molecule has 0 bridgehead atoms. The summed E-state index contributed by atoms with van der Waals surface area (Å²) in [6, 6.07) is 3.29. The number of alkyl halides is 3. The number of hydrogen-bond acceptors (Lipinski definition) is 6. The van der Waals surface area contributed by atoms with Crippen LogP contribution in [0.2, 0.25) is 0 Å². The van der Waals surface area contributed by atoms with Gasteiger partial charge in [0.05, 0.1) is 16.5 Å². The van der Waals surface area contributed by atoms with Gasteiger partial charge in [-0.1, -0.05) is 0 Å². The van der Waals surface area contributed by atoms with Gasteiger partial charge in [0, 0.05) is 20.1 Å². The van der Waals surface area contributed by atoms with Crippen molar-refractivity contribution < 1.29 is 26.0 Å². The Bertz CT molecular complexity index is 1330. The van der Waals surface area contributed by atoms with Crippen LogP contribution in [0.4, 0.5) is 13.2 Å². The Labute approximate surface area is 166 Å². The van der Waals surface area contributed by atoms with Crippen LogP contribution in [-0.4, -0.2) is 45.1 Å². The van der Waals surface area contributed by atoms with Crippen molar-refractivity contribution >= 4 is 21.1 Å². The van der Waals surface area contributed by atoms with E-state index in [0.717, 1.165) is 11.7 Å². The number of oxazole rings is 1. The van der Waals surface area contributed by atoms with Gasteiger partial charge >= 0.3 is 17.6 Å². The van der Waals surface area contributed by atoms with Crippen LogP contribution in [0, 0.1) is 0 Å². The van der Waals surface area contributed by atoms with E-state index in [2.05, 4.69) is 10.1 Å². The lowest BCUT2D eigenvalue weighted by molar-refractivity contribution is -0.147. The first-order valence-corrected chi connectivity index (χ1v) is 10.3. The summed E-state index contributed by atoms with van der Waals surface area (Å²) < 4.78 is 72.0. The van der Waals surface area contributed by atoms with Gasteiger partial charge in [-0.2, -0.15) is 17.5 Å². The fourth-order valence-corrected chi connectivity index (χ4v) is 5.01. The summed E-state index contributed by atoms with van der Waals surface area (Å²) in [5, 5.41) is 3.42. The summed E-state index contributed by atoms with van der Waals surface area (Å²) in [5.74, 6) is -2.01. The third kappa shape index (κ3) is 3.35. The van der Waals surface area contributed by atoms with Crippen LogP contribution in [-0.2, 0) is 23.2 Å². The molecule has 4 rings (SSSR count). The van der Waals surface area contributed by atoms with Gasteiger partial charge in [0.25, 0.3) is 0 Å². The zero-order valence-corrected chi connectivity index (χ0v) is 16.3. The van der Waals surface area contributed by atoms with Crippen LogP contribution in [0.3, 0.4) is 0 Å². The van der Waals surface area contributed by atoms with E-state index in [0.29, 0.717) is 4.57 Å². The van der Waals surface area contributed by atoms with Crippen LogP contribution in [0.25, 0.3) is 11.1 Å². The van der Waals surface area contributed by atoms with Crippen LogP contribution in [0.15, 0.2) is 37.1 Å². The lowest BCUT2D eigenvalue weighted by Gasteiger charge is -2.30. The summed E-state index contributed by atoms with van der Waals surface area (Å²) in [6.07, 6.45) is -4.52. The topological polar surface area (TPSA) is 123 Å². The average Bonchev–Trinajstić information content (AvgIpc) is 3.20. The van der Waals surface area contributed by atoms with Gasteiger partial charge in [-0.05, 0) is 31.0 Å². The van der Waals surface area contributed by atoms with E-state index < -0.39 is 39.5 Å². The van der Waals surface area contributed by atoms with Gasteiger partial charge in [0.1, 0.15) is 0 Å². The first kappa shape index (κ1) is 20.4. The number of fused-ring (bicyclic) bond motifs is 1. The van der Waals surface area contributed by atoms with Crippen LogP contribution in [0.5, 0.6) is 0 Å². The molecule has 0 atom stereocenters. The quantitative estimate of drug-likeness (QED) is 0.641. The summed E-state index contributed by atoms with van der Waals surface area (Å²) in [7, 11) is -2.92. The molecule has 1 fully saturated rings. The number of aromatic nitrogens is 4. The Morgan fingerprint density at radius 3 is 2.47 bits per heavy atom. The van der Waals surface area contributed by atoms with Gasteiger partial charge in [-0.3, -0.25) is 9.55 Å². The average molecular weight is 447 g/mol. The van der Waals surface area contributed by atoms with Crippen molar-refractivity contribution in [1.29, 1.82) is 0 Å². The molecule has 1 aromatic carbocycles.